The average molecular weight is 336 g/mol. The molecule has 20 heavy (non-hydrogen) atoms. The number of aryl methyl sites for hydroxylation is 2. The Morgan fingerprint density at radius 2 is 1.80 bits per heavy atom. The highest BCUT2D eigenvalue weighted by molar-refractivity contribution is 9.10. The van der Waals surface area contributed by atoms with E-state index in [9.17, 15) is 14.7 Å². The molecule has 0 saturated heterocycles. The van der Waals surface area contributed by atoms with Crippen molar-refractivity contribution in [3.05, 3.63) is 61.5 Å². The molecule has 0 spiro atoms. The van der Waals surface area contributed by atoms with Crippen LogP contribution >= 0.6 is 15.9 Å². The summed E-state index contributed by atoms with van der Waals surface area (Å²) < 4.78 is 2.35. The van der Waals surface area contributed by atoms with Crippen molar-refractivity contribution in [3.8, 4) is 5.69 Å². The van der Waals surface area contributed by atoms with Crippen molar-refractivity contribution in [3.63, 3.8) is 0 Å². The van der Waals surface area contributed by atoms with Crippen molar-refractivity contribution >= 4 is 21.9 Å². The van der Waals surface area contributed by atoms with Crippen LogP contribution in [0.15, 0.2) is 33.5 Å². The summed E-state index contributed by atoms with van der Waals surface area (Å²) >= 11 is 3.37. The van der Waals surface area contributed by atoms with Crippen LogP contribution in [0.25, 0.3) is 5.69 Å². The van der Waals surface area contributed by atoms with Gasteiger partial charge in [0.15, 0.2) is 0 Å². The maximum absolute atomic E-state index is 12.2. The number of aromatic carboxylic acids is 1. The van der Waals surface area contributed by atoms with Gasteiger partial charge in [0, 0.05) is 16.2 Å². The number of halogens is 1. The summed E-state index contributed by atoms with van der Waals surface area (Å²) in [5.41, 5.74) is 2.45. The van der Waals surface area contributed by atoms with Crippen molar-refractivity contribution in [2.75, 3.05) is 0 Å². The lowest BCUT2D eigenvalue weighted by atomic mass is 10.1. The number of aromatic nitrogens is 1. The van der Waals surface area contributed by atoms with Crippen LogP contribution in [-0.4, -0.2) is 15.6 Å². The Bertz CT molecular complexity index is 762. The molecule has 1 aromatic heterocycles. The van der Waals surface area contributed by atoms with Gasteiger partial charge in [0.25, 0.3) is 5.56 Å². The Kier molecular flexibility index (Phi) is 3.81. The zero-order valence-corrected chi connectivity index (χ0v) is 13.0. The molecule has 0 aliphatic carbocycles. The van der Waals surface area contributed by atoms with E-state index in [1.54, 1.807) is 19.9 Å². The third-order valence-electron chi connectivity index (χ3n) is 3.27. The van der Waals surface area contributed by atoms with Crippen LogP contribution in [-0.2, 0) is 0 Å². The fourth-order valence-electron chi connectivity index (χ4n) is 2.38. The molecule has 2 aromatic rings. The van der Waals surface area contributed by atoms with E-state index in [-0.39, 0.29) is 11.1 Å². The summed E-state index contributed by atoms with van der Waals surface area (Å²) in [6.07, 6.45) is 0. The van der Waals surface area contributed by atoms with E-state index in [2.05, 4.69) is 15.9 Å². The summed E-state index contributed by atoms with van der Waals surface area (Å²) in [7, 11) is 0. The van der Waals surface area contributed by atoms with Gasteiger partial charge in [-0.25, -0.2) is 4.79 Å². The van der Waals surface area contributed by atoms with Gasteiger partial charge in [0.2, 0.25) is 0 Å². The highest BCUT2D eigenvalue weighted by Gasteiger charge is 2.17. The molecule has 0 aliphatic heterocycles. The van der Waals surface area contributed by atoms with Gasteiger partial charge in [-0.1, -0.05) is 15.9 Å². The van der Waals surface area contributed by atoms with Crippen LogP contribution in [0.4, 0.5) is 0 Å². The quantitative estimate of drug-likeness (QED) is 0.916. The molecule has 0 bridgehead atoms. The number of carboxylic acid groups (broad SMARTS) is 1. The second kappa shape index (κ2) is 5.25. The van der Waals surface area contributed by atoms with Gasteiger partial charge in [-0.2, -0.15) is 0 Å². The Hall–Kier alpha value is -1.88. The molecule has 1 N–H and O–H groups in total. The first kappa shape index (κ1) is 14.5. The lowest BCUT2D eigenvalue weighted by Crippen LogP contribution is -2.24. The number of carboxylic acids is 1. The molecule has 1 heterocycles. The van der Waals surface area contributed by atoms with Crippen LogP contribution in [0, 0.1) is 20.8 Å². The van der Waals surface area contributed by atoms with Crippen LogP contribution in [0.5, 0.6) is 0 Å². The minimum absolute atomic E-state index is 0.173. The Morgan fingerprint density at radius 1 is 1.15 bits per heavy atom. The lowest BCUT2D eigenvalue weighted by Gasteiger charge is -2.16. The molecule has 0 atom stereocenters. The second-order valence-corrected chi connectivity index (χ2v) is 5.61. The average Bonchev–Trinajstić information content (AvgIpc) is 2.30. The summed E-state index contributed by atoms with van der Waals surface area (Å²) in [5, 5.41) is 9.30. The molecule has 0 unspecified atom stereocenters. The number of nitrogens with zero attached hydrogens (tertiary/aromatic N) is 1. The summed E-state index contributed by atoms with van der Waals surface area (Å²) in [6, 6.07) is 6.88. The topological polar surface area (TPSA) is 59.3 Å². The predicted molar refractivity (Wildman–Crippen MR) is 80.9 cm³/mol. The number of benzene rings is 1. The first-order valence-electron chi connectivity index (χ1n) is 6.06. The standard InChI is InChI=1S/C15H14BrNO3/c1-8-6-11(16)4-5-12(8)17-10(3)14(15(19)20)9(2)7-13(17)18/h4-7H,1-3H3,(H,19,20). The molecule has 5 heteroatoms. The number of rotatable bonds is 2. The molecule has 4 nitrogen and oxygen atoms in total. The Morgan fingerprint density at radius 3 is 2.35 bits per heavy atom. The van der Waals surface area contributed by atoms with E-state index in [0.29, 0.717) is 16.9 Å². The van der Waals surface area contributed by atoms with Crippen molar-refractivity contribution < 1.29 is 9.90 Å². The summed E-state index contributed by atoms with van der Waals surface area (Å²) in [5.74, 6) is -1.02. The fraction of sp³-hybridized carbons (Fsp3) is 0.200. The molecule has 104 valence electrons. The van der Waals surface area contributed by atoms with Crippen LogP contribution in [0.2, 0.25) is 0 Å². The smallest absolute Gasteiger partial charge is 0.337 e. The van der Waals surface area contributed by atoms with Crippen molar-refractivity contribution in [1.29, 1.82) is 0 Å². The zero-order chi connectivity index (χ0) is 15.0. The molecule has 2 rings (SSSR count). The van der Waals surface area contributed by atoms with Crippen molar-refractivity contribution in [2.45, 2.75) is 20.8 Å². The van der Waals surface area contributed by atoms with Gasteiger partial charge < -0.3 is 5.11 Å². The van der Waals surface area contributed by atoms with Gasteiger partial charge in [-0.05, 0) is 50.1 Å². The number of pyridine rings is 1. The Labute approximate surface area is 124 Å². The van der Waals surface area contributed by atoms with Gasteiger partial charge in [-0.15, -0.1) is 0 Å². The van der Waals surface area contributed by atoms with Gasteiger partial charge in [0.1, 0.15) is 0 Å². The third-order valence-corrected chi connectivity index (χ3v) is 3.76. The SMILES string of the molecule is Cc1cc(Br)ccc1-n1c(C)c(C(=O)O)c(C)cc1=O. The van der Waals surface area contributed by atoms with Crippen LogP contribution in [0.1, 0.15) is 27.2 Å². The molecule has 0 amide bonds. The van der Waals surface area contributed by atoms with E-state index in [1.165, 1.54) is 10.6 Å². The van der Waals surface area contributed by atoms with E-state index in [4.69, 9.17) is 0 Å². The Balaban J connectivity index is 2.84. The fourth-order valence-corrected chi connectivity index (χ4v) is 2.85. The first-order valence-corrected chi connectivity index (χ1v) is 6.85. The second-order valence-electron chi connectivity index (χ2n) is 4.70. The molecule has 0 saturated carbocycles. The van der Waals surface area contributed by atoms with E-state index < -0.39 is 5.97 Å². The summed E-state index contributed by atoms with van der Waals surface area (Å²) in [4.78, 5) is 23.6. The largest absolute Gasteiger partial charge is 0.478 e. The maximum atomic E-state index is 12.2. The minimum atomic E-state index is -1.02. The molecule has 0 aliphatic rings. The third kappa shape index (κ3) is 2.41. The highest BCUT2D eigenvalue weighted by Crippen LogP contribution is 2.21. The van der Waals surface area contributed by atoms with Crippen LogP contribution in [0.3, 0.4) is 0 Å². The van der Waals surface area contributed by atoms with Gasteiger partial charge in [-0.3, -0.25) is 9.36 Å². The molecule has 1 aromatic carbocycles. The van der Waals surface area contributed by atoms with Crippen molar-refractivity contribution in [2.24, 2.45) is 0 Å². The molecular formula is C15H14BrNO3. The molecule has 0 radical (unpaired) electrons. The van der Waals surface area contributed by atoms with Crippen LogP contribution < -0.4 is 5.56 Å². The monoisotopic (exact) mass is 335 g/mol. The predicted octanol–water partition coefficient (Wildman–Crippen LogP) is 3.22. The van der Waals surface area contributed by atoms with E-state index in [0.717, 1.165) is 10.0 Å². The van der Waals surface area contributed by atoms with E-state index in [1.807, 2.05) is 19.1 Å². The summed E-state index contributed by atoms with van der Waals surface area (Å²) in [6.45, 7) is 5.17. The highest BCUT2D eigenvalue weighted by atomic mass is 79.9. The van der Waals surface area contributed by atoms with Gasteiger partial charge in [0.05, 0.1) is 11.3 Å². The normalized spacial score (nSPS) is 10.6. The molecular weight excluding hydrogens is 322 g/mol. The zero-order valence-electron chi connectivity index (χ0n) is 11.4. The minimum Gasteiger partial charge on any atom is -0.478 e. The van der Waals surface area contributed by atoms with Gasteiger partial charge >= 0.3 is 5.97 Å². The first-order chi connectivity index (χ1) is 9.32. The number of carbonyl (C=O) groups is 1. The lowest BCUT2D eigenvalue weighted by molar-refractivity contribution is 0.0694. The number of hydrogen-bond acceptors (Lipinski definition) is 2. The maximum Gasteiger partial charge on any atom is 0.337 e. The van der Waals surface area contributed by atoms with Crippen molar-refractivity contribution in [1.82, 2.24) is 4.57 Å². The number of hydrogen-bond donors (Lipinski definition) is 1. The van der Waals surface area contributed by atoms with E-state index >= 15 is 0 Å². The molecule has 0 fully saturated rings.